The predicted octanol–water partition coefficient (Wildman–Crippen LogP) is -1.16. The summed E-state index contributed by atoms with van der Waals surface area (Å²) in [6, 6.07) is 0. The van der Waals surface area contributed by atoms with E-state index < -0.39 is 23.9 Å². The third kappa shape index (κ3) is 1.76. The van der Waals surface area contributed by atoms with Gasteiger partial charge in [-0.25, -0.2) is 4.68 Å². The Morgan fingerprint density at radius 1 is 1.63 bits per heavy atom. The maximum Gasteiger partial charge on any atom is 0.137 e. The van der Waals surface area contributed by atoms with E-state index in [1.807, 2.05) is 0 Å². The number of fused-ring (bicyclic) bond motifs is 1. The summed E-state index contributed by atoms with van der Waals surface area (Å²) in [5.41, 5.74) is -0.861. The van der Waals surface area contributed by atoms with Gasteiger partial charge in [0.05, 0.1) is 19.1 Å². The molecular weight excluding hydrogens is 252 g/mol. The third-order valence-electron chi connectivity index (χ3n) is 3.63. The van der Waals surface area contributed by atoms with E-state index >= 15 is 0 Å². The number of aromatic nitrogens is 2. The maximum absolute atomic E-state index is 10.4. The molecular formula is C11H16N4O4. The molecule has 0 radical (unpaired) electrons. The number of nitrogens with zero attached hydrogens (tertiary/aromatic N) is 3. The monoisotopic (exact) mass is 268 g/mol. The van der Waals surface area contributed by atoms with Crippen molar-refractivity contribution in [3.05, 3.63) is 11.8 Å². The lowest BCUT2D eigenvalue weighted by Crippen LogP contribution is -2.43. The molecule has 2 aliphatic heterocycles. The lowest BCUT2D eigenvalue weighted by atomic mass is 9.89. The molecule has 104 valence electrons. The summed E-state index contributed by atoms with van der Waals surface area (Å²) >= 11 is 0. The van der Waals surface area contributed by atoms with E-state index in [0.29, 0.717) is 18.1 Å². The minimum atomic E-state index is -1.49. The molecule has 4 atom stereocenters. The van der Waals surface area contributed by atoms with E-state index in [1.165, 1.54) is 6.92 Å². The van der Waals surface area contributed by atoms with Gasteiger partial charge in [0.25, 0.3) is 0 Å². The fourth-order valence-corrected chi connectivity index (χ4v) is 2.53. The zero-order chi connectivity index (χ0) is 13.6. The van der Waals surface area contributed by atoms with Crippen LogP contribution in [-0.2, 0) is 11.4 Å². The van der Waals surface area contributed by atoms with Gasteiger partial charge >= 0.3 is 0 Å². The molecule has 0 aliphatic carbocycles. The van der Waals surface area contributed by atoms with Crippen LogP contribution in [0.5, 0.6) is 0 Å². The summed E-state index contributed by atoms with van der Waals surface area (Å²) in [6.07, 6.45) is 0.387. The summed E-state index contributed by atoms with van der Waals surface area (Å²) in [6.45, 7) is 1.52. The molecule has 1 aromatic rings. The van der Waals surface area contributed by atoms with Gasteiger partial charge in [-0.3, -0.25) is 4.99 Å². The second kappa shape index (κ2) is 4.27. The number of hydrogen-bond donors (Lipinski definition) is 4. The quantitative estimate of drug-likeness (QED) is 0.538. The summed E-state index contributed by atoms with van der Waals surface area (Å²) < 4.78 is 7.19. The second-order valence-electron chi connectivity index (χ2n) is 4.95. The molecule has 4 N–H and O–H groups in total. The summed E-state index contributed by atoms with van der Waals surface area (Å²) in [7, 11) is 0. The molecule has 19 heavy (non-hydrogen) atoms. The topological polar surface area (TPSA) is 112 Å². The van der Waals surface area contributed by atoms with Crippen molar-refractivity contribution in [2.45, 2.75) is 37.5 Å². The molecule has 3 heterocycles. The Kier molecular flexibility index (Phi) is 2.82. The van der Waals surface area contributed by atoms with Crippen molar-refractivity contribution in [3.8, 4) is 0 Å². The Balaban J connectivity index is 1.97. The average molecular weight is 268 g/mol. The molecule has 8 nitrogen and oxygen atoms in total. The largest absolute Gasteiger partial charge is 0.394 e. The highest BCUT2D eigenvalue weighted by molar-refractivity contribution is 5.76. The summed E-state index contributed by atoms with van der Waals surface area (Å²) in [4.78, 5) is 4.01. The molecule has 1 fully saturated rings. The molecule has 0 saturated carbocycles. The van der Waals surface area contributed by atoms with Crippen LogP contribution in [0.15, 0.2) is 11.2 Å². The Morgan fingerprint density at radius 3 is 3.11 bits per heavy atom. The van der Waals surface area contributed by atoms with Gasteiger partial charge in [0.2, 0.25) is 0 Å². The number of nitrogens with one attached hydrogen (secondary N) is 1. The van der Waals surface area contributed by atoms with E-state index in [9.17, 15) is 10.2 Å². The van der Waals surface area contributed by atoms with Gasteiger partial charge in [-0.05, 0) is 6.92 Å². The Morgan fingerprint density at radius 2 is 2.42 bits per heavy atom. The lowest BCUT2D eigenvalue weighted by Gasteiger charge is -2.26. The molecule has 3 rings (SSSR count). The molecule has 8 heteroatoms. The van der Waals surface area contributed by atoms with Crippen LogP contribution in [-0.4, -0.2) is 55.9 Å². The first kappa shape index (κ1) is 12.5. The van der Waals surface area contributed by atoms with Crippen LogP contribution in [0.25, 0.3) is 0 Å². The van der Waals surface area contributed by atoms with Gasteiger partial charge < -0.3 is 25.4 Å². The Labute approximate surface area is 109 Å². The van der Waals surface area contributed by atoms with Gasteiger partial charge in [0.1, 0.15) is 36.4 Å². The fraction of sp³-hybridized carbons (Fsp3) is 0.636. The van der Waals surface area contributed by atoms with Crippen LogP contribution in [0.4, 0.5) is 5.82 Å². The number of aliphatic hydroxyl groups is 3. The van der Waals surface area contributed by atoms with Gasteiger partial charge in [-0.15, -0.1) is 0 Å². The molecule has 0 amide bonds. The van der Waals surface area contributed by atoms with Crippen LogP contribution in [0, 0.1) is 0 Å². The molecule has 2 aliphatic rings. The highest BCUT2D eigenvalue weighted by Crippen LogP contribution is 2.43. The van der Waals surface area contributed by atoms with Crippen LogP contribution >= 0.6 is 0 Å². The first-order chi connectivity index (χ1) is 9.05. The van der Waals surface area contributed by atoms with Crippen LogP contribution in [0.1, 0.15) is 18.6 Å². The number of aliphatic imine (C=N–C) groups is 1. The minimum absolute atomic E-state index is 0.355. The van der Waals surface area contributed by atoms with E-state index in [0.717, 1.165) is 0 Å². The van der Waals surface area contributed by atoms with E-state index in [4.69, 9.17) is 9.84 Å². The number of anilines is 1. The van der Waals surface area contributed by atoms with Crippen LogP contribution < -0.4 is 5.32 Å². The first-order valence-corrected chi connectivity index (χ1v) is 6.03. The summed E-state index contributed by atoms with van der Waals surface area (Å²) in [5, 5.41) is 36.7. The third-order valence-corrected chi connectivity index (χ3v) is 3.63. The Hall–Kier alpha value is -1.48. The first-order valence-electron chi connectivity index (χ1n) is 6.03. The van der Waals surface area contributed by atoms with Crippen molar-refractivity contribution < 1.29 is 20.1 Å². The SMILES string of the molecule is C[C@@]1(O)[C@H](O)[C@@H](CO)O[C@H]1c1cnn2c1NC=NC2. The predicted molar refractivity (Wildman–Crippen MR) is 65.7 cm³/mol. The molecule has 0 unspecified atom stereocenters. The average Bonchev–Trinajstić information content (AvgIpc) is 2.91. The minimum Gasteiger partial charge on any atom is -0.394 e. The molecule has 1 saturated heterocycles. The van der Waals surface area contributed by atoms with Crippen molar-refractivity contribution in [3.63, 3.8) is 0 Å². The van der Waals surface area contributed by atoms with Gasteiger partial charge in [0.15, 0.2) is 0 Å². The lowest BCUT2D eigenvalue weighted by molar-refractivity contribution is -0.0643. The molecule has 1 aromatic heterocycles. The van der Waals surface area contributed by atoms with E-state index in [1.54, 1.807) is 17.2 Å². The summed E-state index contributed by atoms with van der Waals surface area (Å²) in [5.74, 6) is 0.672. The maximum atomic E-state index is 10.4. The highest BCUT2D eigenvalue weighted by atomic mass is 16.6. The Bertz CT molecular complexity index is 513. The van der Waals surface area contributed by atoms with E-state index in [2.05, 4.69) is 15.4 Å². The van der Waals surface area contributed by atoms with Gasteiger partial charge in [0, 0.05) is 5.56 Å². The zero-order valence-corrected chi connectivity index (χ0v) is 10.4. The van der Waals surface area contributed by atoms with Crippen molar-refractivity contribution in [2.24, 2.45) is 4.99 Å². The van der Waals surface area contributed by atoms with Gasteiger partial charge in [-0.1, -0.05) is 0 Å². The molecule has 0 aromatic carbocycles. The number of hydrogen-bond acceptors (Lipinski definition) is 7. The standard InChI is InChI=1S/C11H16N4O4/c1-11(18)8(17)7(3-16)19-9(11)6-2-14-15-5-12-4-13-10(6)15/h2,4,7-9,16-18H,3,5H2,1H3,(H,12,13)/t7-,8-,9+,11-/m1/s1. The van der Waals surface area contributed by atoms with Gasteiger partial charge in [-0.2, -0.15) is 5.10 Å². The van der Waals surface area contributed by atoms with E-state index in [-0.39, 0.29) is 6.61 Å². The highest BCUT2D eigenvalue weighted by Gasteiger charge is 2.53. The van der Waals surface area contributed by atoms with Crippen molar-refractivity contribution in [1.29, 1.82) is 0 Å². The van der Waals surface area contributed by atoms with Crippen molar-refractivity contribution in [2.75, 3.05) is 11.9 Å². The van der Waals surface area contributed by atoms with Crippen molar-refractivity contribution >= 4 is 12.2 Å². The van der Waals surface area contributed by atoms with Crippen molar-refractivity contribution in [1.82, 2.24) is 9.78 Å². The zero-order valence-electron chi connectivity index (χ0n) is 10.4. The molecule has 0 bridgehead atoms. The van der Waals surface area contributed by atoms with Crippen LogP contribution in [0.2, 0.25) is 0 Å². The second-order valence-corrected chi connectivity index (χ2v) is 4.95. The molecule has 0 spiro atoms. The smallest absolute Gasteiger partial charge is 0.137 e. The number of rotatable bonds is 2. The number of aliphatic hydroxyl groups excluding tert-OH is 2. The van der Waals surface area contributed by atoms with Crippen LogP contribution in [0.3, 0.4) is 0 Å². The normalized spacial score (nSPS) is 37.2. The number of ether oxygens (including phenoxy) is 1. The fourth-order valence-electron chi connectivity index (χ4n) is 2.53.